The Morgan fingerprint density at radius 1 is 0.900 bits per heavy atom. The Labute approximate surface area is 356 Å². The molecule has 1 atom stereocenters. The maximum absolute atomic E-state index is 13.8. The number of aryl methyl sites for hydroxylation is 1. The molecule has 1 heterocycles. The highest BCUT2D eigenvalue weighted by Crippen LogP contribution is 2.27. The maximum Gasteiger partial charge on any atom is 0.411 e. The second-order valence-electron chi connectivity index (χ2n) is 14.3. The lowest BCUT2D eigenvalue weighted by Gasteiger charge is -2.19. The van der Waals surface area contributed by atoms with Crippen LogP contribution < -0.4 is 20.1 Å². The topological polar surface area (TPSA) is 202 Å². The Morgan fingerprint density at radius 3 is 2.22 bits per heavy atom. The fraction of sp³-hybridized carbons (Fsp3) is 0.286. The number of nitro benzene ring substituents is 1. The van der Waals surface area contributed by atoms with E-state index in [9.17, 15) is 32.9 Å². The molecule has 0 radical (unpaired) electrons. The van der Waals surface area contributed by atoms with E-state index in [0.717, 1.165) is 11.3 Å². The normalized spacial score (nSPS) is 11.9. The highest BCUT2D eigenvalue weighted by molar-refractivity contribution is 7.91. The van der Waals surface area contributed by atoms with E-state index in [1.165, 1.54) is 78.1 Å². The summed E-state index contributed by atoms with van der Waals surface area (Å²) in [5, 5.41) is 19.2. The summed E-state index contributed by atoms with van der Waals surface area (Å²) in [6, 6.07) is 22.4. The van der Waals surface area contributed by atoms with Crippen LogP contribution in [0.15, 0.2) is 101 Å². The van der Waals surface area contributed by atoms with Crippen molar-refractivity contribution in [1.82, 2.24) is 10.3 Å². The monoisotopic (exact) mass is 878 g/mol. The van der Waals surface area contributed by atoms with E-state index in [0.29, 0.717) is 28.4 Å². The van der Waals surface area contributed by atoms with E-state index in [1.54, 1.807) is 31.2 Å². The summed E-state index contributed by atoms with van der Waals surface area (Å²) >= 11 is 7.30. The SMILES string of the molecule is CCOC(=O)C(NC(=O)c1cc(NC(=O)OCc2ccc([N+](=O)[O-])cc2)cc(OCc2nc(C(C)(C)C)cs2)c1)Oc1ccc(CCCS(=O)(=O)c2ccc(Cl)cc2)cc1. The van der Waals surface area contributed by atoms with Gasteiger partial charge in [-0.1, -0.05) is 44.5 Å². The first-order chi connectivity index (χ1) is 28.5. The van der Waals surface area contributed by atoms with Gasteiger partial charge in [0.15, 0.2) is 9.84 Å². The first-order valence-corrected chi connectivity index (χ1v) is 21.5. The third-order valence-corrected chi connectivity index (χ3v) is 11.5. The fourth-order valence-electron chi connectivity index (χ4n) is 5.42. The molecule has 1 aromatic heterocycles. The number of esters is 1. The molecule has 1 unspecified atom stereocenters. The lowest BCUT2D eigenvalue weighted by atomic mass is 9.93. The molecule has 60 heavy (non-hydrogen) atoms. The quantitative estimate of drug-likeness (QED) is 0.0369. The summed E-state index contributed by atoms with van der Waals surface area (Å²) in [6.07, 6.45) is -1.67. The number of anilines is 1. The van der Waals surface area contributed by atoms with Crippen LogP contribution in [0.2, 0.25) is 5.02 Å². The van der Waals surface area contributed by atoms with Crippen molar-refractivity contribution in [2.45, 2.75) is 70.3 Å². The number of nitrogens with one attached hydrogen (secondary N) is 2. The van der Waals surface area contributed by atoms with Gasteiger partial charge < -0.3 is 24.3 Å². The Kier molecular flexibility index (Phi) is 15.2. The minimum atomic E-state index is -3.50. The first-order valence-electron chi connectivity index (χ1n) is 18.6. The van der Waals surface area contributed by atoms with Gasteiger partial charge in [0.05, 0.1) is 27.9 Å². The average molecular weight is 879 g/mol. The van der Waals surface area contributed by atoms with Crippen LogP contribution in [0.4, 0.5) is 16.2 Å². The van der Waals surface area contributed by atoms with Gasteiger partial charge in [0, 0.05) is 45.3 Å². The maximum atomic E-state index is 13.8. The molecular formula is C42H43ClN4O11S2. The molecule has 316 valence electrons. The van der Waals surface area contributed by atoms with E-state index in [1.807, 2.05) is 26.2 Å². The third-order valence-electron chi connectivity index (χ3n) is 8.61. The zero-order valence-corrected chi connectivity index (χ0v) is 35.5. The molecule has 18 heteroatoms. The van der Waals surface area contributed by atoms with Crippen LogP contribution in [-0.2, 0) is 49.2 Å². The van der Waals surface area contributed by atoms with Crippen molar-refractivity contribution in [2.75, 3.05) is 17.7 Å². The van der Waals surface area contributed by atoms with Crippen molar-refractivity contribution >= 4 is 62.1 Å². The number of benzene rings is 4. The number of aromatic nitrogens is 1. The Hall–Kier alpha value is -6.04. The molecule has 0 aliphatic heterocycles. The molecule has 2 amide bonds. The minimum Gasteiger partial charge on any atom is -0.486 e. The minimum absolute atomic E-state index is 0.000504. The van der Waals surface area contributed by atoms with Crippen LogP contribution in [0.1, 0.15) is 66.3 Å². The number of carbonyl (C=O) groups is 3. The van der Waals surface area contributed by atoms with E-state index >= 15 is 0 Å². The number of ether oxygens (including phenoxy) is 4. The summed E-state index contributed by atoms with van der Waals surface area (Å²) in [5.74, 6) is -1.31. The lowest BCUT2D eigenvalue weighted by molar-refractivity contribution is -0.384. The van der Waals surface area contributed by atoms with E-state index in [4.69, 9.17) is 30.5 Å². The van der Waals surface area contributed by atoms with E-state index in [-0.39, 0.29) is 64.3 Å². The highest BCUT2D eigenvalue weighted by Gasteiger charge is 2.26. The number of amides is 2. The van der Waals surface area contributed by atoms with Crippen molar-refractivity contribution in [2.24, 2.45) is 0 Å². The number of hydrogen-bond donors (Lipinski definition) is 2. The predicted molar refractivity (Wildman–Crippen MR) is 225 cm³/mol. The summed E-state index contributed by atoms with van der Waals surface area (Å²) in [4.78, 5) is 55.0. The number of rotatable bonds is 18. The highest BCUT2D eigenvalue weighted by atomic mass is 35.5. The standard InChI is InChI=1S/C42H43ClN4O11S2/c1-5-55-40(49)39(58-33-16-10-27(11-17-33)7-6-20-60(53,54)35-18-12-30(43)13-19-35)46-38(48)29-21-31(44-41(50)57-24-28-8-14-32(15-9-28)47(51)52)23-34(22-29)56-25-37-45-36(26-59-37)42(2,3)4/h8-19,21-23,26,39H,5-7,20,24-25H2,1-4H3,(H,44,50)(H,46,48). The van der Waals surface area contributed by atoms with Gasteiger partial charge in [-0.3, -0.25) is 20.2 Å². The van der Waals surface area contributed by atoms with Gasteiger partial charge >= 0.3 is 12.1 Å². The molecule has 0 bridgehead atoms. The summed E-state index contributed by atoms with van der Waals surface area (Å²) in [5.41, 5.74) is 2.02. The van der Waals surface area contributed by atoms with Crippen molar-refractivity contribution in [3.05, 3.63) is 139 Å². The number of halogens is 1. The summed E-state index contributed by atoms with van der Waals surface area (Å²) < 4.78 is 47.9. The Bertz CT molecular complexity index is 2400. The molecule has 0 aliphatic carbocycles. The van der Waals surface area contributed by atoms with Crippen LogP contribution in [0, 0.1) is 10.1 Å². The van der Waals surface area contributed by atoms with Crippen LogP contribution in [0.5, 0.6) is 11.5 Å². The molecule has 5 rings (SSSR count). The first kappa shape index (κ1) is 45.1. The number of carbonyl (C=O) groups excluding carboxylic acids is 3. The van der Waals surface area contributed by atoms with Gasteiger partial charge in [-0.05, 0) is 91.6 Å². The molecule has 0 saturated carbocycles. The van der Waals surface area contributed by atoms with Gasteiger partial charge in [0.1, 0.15) is 29.7 Å². The second-order valence-corrected chi connectivity index (χ2v) is 17.8. The molecule has 0 aliphatic rings. The smallest absolute Gasteiger partial charge is 0.411 e. The van der Waals surface area contributed by atoms with Gasteiger partial charge in [-0.2, -0.15) is 0 Å². The molecule has 0 saturated heterocycles. The predicted octanol–water partition coefficient (Wildman–Crippen LogP) is 8.43. The van der Waals surface area contributed by atoms with Crippen LogP contribution in [0.25, 0.3) is 0 Å². The van der Waals surface area contributed by atoms with E-state index in [2.05, 4.69) is 15.6 Å². The largest absolute Gasteiger partial charge is 0.486 e. The van der Waals surface area contributed by atoms with Crippen LogP contribution in [0.3, 0.4) is 0 Å². The number of non-ortho nitro benzene ring substituents is 1. The van der Waals surface area contributed by atoms with Crippen molar-refractivity contribution in [1.29, 1.82) is 0 Å². The molecule has 0 fully saturated rings. The Balaban J connectivity index is 1.28. The van der Waals surface area contributed by atoms with Crippen LogP contribution >= 0.6 is 22.9 Å². The third kappa shape index (κ3) is 13.2. The zero-order valence-electron chi connectivity index (χ0n) is 33.1. The molecule has 5 aromatic rings. The average Bonchev–Trinajstić information content (AvgIpc) is 3.70. The van der Waals surface area contributed by atoms with Gasteiger partial charge in [0.2, 0.25) is 0 Å². The number of thiazole rings is 1. The number of sulfone groups is 1. The van der Waals surface area contributed by atoms with Crippen molar-refractivity contribution < 1.29 is 46.7 Å². The number of nitro groups is 1. The second kappa shape index (κ2) is 20.3. The van der Waals surface area contributed by atoms with Crippen molar-refractivity contribution in [3.8, 4) is 11.5 Å². The van der Waals surface area contributed by atoms with Gasteiger partial charge in [-0.25, -0.2) is 23.0 Å². The summed E-state index contributed by atoms with van der Waals surface area (Å²) in [7, 11) is -3.50. The molecule has 2 N–H and O–H groups in total. The number of hydrogen-bond acceptors (Lipinski definition) is 13. The van der Waals surface area contributed by atoms with Gasteiger partial charge in [0.25, 0.3) is 17.8 Å². The van der Waals surface area contributed by atoms with Crippen molar-refractivity contribution in [3.63, 3.8) is 0 Å². The lowest BCUT2D eigenvalue weighted by Crippen LogP contribution is -2.46. The fourth-order valence-corrected chi connectivity index (χ4v) is 7.79. The molecule has 4 aromatic carbocycles. The molecular weight excluding hydrogens is 836 g/mol. The summed E-state index contributed by atoms with van der Waals surface area (Å²) in [6.45, 7) is 7.58. The molecule has 0 spiro atoms. The zero-order chi connectivity index (χ0) is 43.5. The number of nitrogens with zero attached hydrogens (tertiary/aromatic N) is 2. The van der Waals surface area contributed by atoms with Crippen LogP contribution in [-0.4, -0.2) is 54.9 Å². The van der Waals surface area contributed by atoms with Gasteiger partial charge in [-0.15, -0.1) is 11.3 Å². The van der Waals surface area contributed by atoms with E-state index < -0.39 is 39.0 Å². The Morgan fingerprint density at radius 2 is 1.58 bits per heavy atom. The molecule has 15 nitrogen and oxygen atoms in total.